The van der Waals surface area contributed by atoms with Gasteiger partial charge in [0.05, 0.1) is 19.8 Å². The van der Waals surface area contributed by atoms with Gasteiger partial charge in [0.1, 0.15) is 0 Å². The minimum absolute atomic E-state index is 0.00547. The van der Waals surface area contributed by atoms with E-state index in [0.29, 0.717) is 13.0 Å². The van der Waals surface area contributed by atoms with Gasteiger partial charge in [-0.2, -0.15) is 0 Å². The summed E-state index contributed by atoms with van der Waals surface area (Å²) >= 11 is 0. The number of hydrogen-bond acceptors (Lipinski definition) is 5. The third-order valence-corrected chi connectivity index (χ3v) is 1.60. The van der Waals surface area contributed by atoms with Crippen molar-refractivity contribution in [2.75, 3.05) is 27.4 Å². The van der Waals surface area contributed by atoms with Gasteiger partial charge < -0.3 is 19.9 Å². The van der Waals surface area contributed by atoms with E-state index in [1.54, 1.807) is 7.11 Å². The number of carbonyl (C=O) groups excluding carboxylic acids is 1. The van der Waals surface area contributed by atoms with Crippen LogP contribution in [0, 0.1) is 0 Å². The van der Waals surface area contributed by atoms with E-state index in [9.17, 15) is 4.79 Å². The molecule has 1 atom stereocenters. The van der Waals surface area contributed by atoms with Crippen LogP contribution in [-0.4, -0.2) is 44.6 Å². The average molecular weight is 203 g/mol. The summed E-state index contributed by atoms with van der Waals surface area (Å²) in [6, 6.07) is 0.00547. The molecule has 0 aromatic carbocycles. The molecule has 0 aliphatic rings. The lowest BCUT2D eigenvalue weighted by molar-refractivity contribution is -0.134. The topological polar surface area (TPSA) is 67.8 Å². The highest BCUT2D eigenvalue weighted by atomic mass is 16.5. The van der Waals surface area contributed by atoms with Crippen molar-refractivity contribution in [1.29, 1.82) is 0 Å². The van der Waals surface area contributed by atoms with Crippen molar-refractivity contribution in [2.24, 2.45) is 0 Å². The molecule has 14 heavy (non-hydrogen) atoms. The van der Waals surface area contributed by atoms with Gasteiger partial charge in [0.15, 0.2) is 0 Å². The highest BCUT2D eigenvalue weighted by Crippen LogP contribution is 1.91. The van der Waals surface area contributed by atoms with E-state index in [2.05, 4.69) is 10.1 Å². The summed E-state index contributed by atoms with van der Waals surface area (Å²) in [6.07, 6.45) is 3.34. The Morgan fingerprint density at radius 3 is 2.79 bits per heavy atom. The third kappa shape index (κ3) is 6.45. The van der Waals surface area contributed by atoms with E-state index in [1.807, 2.05) is 0 Å². The van der Waals surface area contributed by atoms with Gasteiger partial charge in [-0.3, -0.25) is 0 Å². The Hall–Kier alpha value is -1.07. The first-order valence-corrected chi connectivity index (χ1v) is 4.35. The number of hydrogen-bond donors (Lipinski definition) is 2. The summed E-state index contributed by atoms with van der Waals surface area (Å²) in [5.74, 6) is -0.419. The van der Waals surface area contributed by atoms with Crippen LogP contribution in [0.1, 0.15) is 6.42 Å². The molecule has 82 valence electrons. The van der Waals surface area contributed by atoms with Crippen molar-refractivity contribution < 1.29 is 19.4 Å². The van der Waals surface area contributed by atoms with Crippen molar-refractivity contribution in [3.63, 3.8) is 0 Å². The number of methoxy groups -OCH3 is 2. The Kier molecular flexibility index (Phi) is 7.87. The standard InChI is InChI=1S/C9H17NO4/c1-13-7-8(4-6-11)10-5-3-9(12)14-2/h3,5,8,10-11H,4,6-7H2,1-2H3/b5-3+. The number of aliphatic hydroxyl groups is 1. The number of nitrogens with one attached hydrogen (secondary N) is 1. The second-order valence-corrected chi connectivity index (χ2v) is 2.69. The Balaban J connectivity index is 3.79. The van der Waals surface area contributed by atoms with Crippen molar-refractivity contribution in [3.8, 4) is 0 Å². The molecule has 5 nitrogen and oxygen atoms in total. The molecule has 0 bridgehead atoms. The average Bonchev–Trinajstić information content (AvgIpc) is 2.18. The molecule has 0 amide bonds. The fraction of sp³-hybridized carbons (Fsp3) is 0.667. The van der Waals surface area contributed by atoms with E-state index in [0.717, 1.165) is 0 Å². The zero-order valence-corrected chi connectivity index (χ0v) is 8.53. The monoisotopic (exact) mass is 203 g/mol. The van der Waals surface area contributed by atoms with E-state index in [-0.39, 0.29) is 12.6 Å². The molecule has 0 heterocycles. The second-order valence-electron chi connectivity index (χ2n) is 2.69. The zero-order valence-electron chi connectivity index (χ0n) is 8.53. The molecule has 0 aliphatic heterocycles. The summed E-state index contributed by atoms with van der Waals surface area (Å²) in [5, 5.41) is 11.6. The third-order valence-electron chi connectivity index (χ3n) is 1.60. The molecule has 0 radical (unpaired) electrons. The van der Waals surface area contributed by atoms with Crippen LogP contribution in [-0.2, 0) is 14.3 Å². The molecule has 0 aromatic rings. The van der Waals surface area contributed by atoms with Gasteiger partial charge in [0.2, 0.25) is 0 Å². The van der Waals surface area contributed by atoms with Gasteiger partial charge in [-0.15, -0.1) is 0 Å². The van der Waals surface area contributed by atoms with Gasteiger partial charge in [-0.05, 0) is 6.42 Å². The van der Waals surface area contributed by atoms with Gasteiger partial charge >= 0.3 is 5.97 Å². The van der Waals surface area contributed by atoms with Crippen LogP contribution in [0.3, 0.4) is 0 Å². The highest BCUT2D eigenvalue weighted by Gasteiger charge is 2.04. The van der Waals surface area contributed by atoms with Gasteiger partial charge in [0.25, 0.3) is 0 Å². The van der Waals surface area contributed by atoms with Crippen LogP contribution in [0.5, 0.6) is 0 Å². The first-order valence-electron chi connectivity index (χ1n) is 4.35. The van der Waals surface area contributed by atoms with Crippen LogP contribution < -0.4 is 5.32 Å². The van der Waals surface area contributed by atoms with Crippen LogP contribution in [0.25, 0.3) is 0 Å². The van der Waals surface area contributed by atoms with E-state index < -0.39 is 5.97 Å². The predicted molar refractivity (Wildman–Crippen MR) is 51.7 cm³/mol. The largest absolute Gasteiger partial charge is 0.466 e. The van der Waals surface area contributed by atoms with Gasteiger partial charge in [-0.25, -0.2) is 4.79 Å². The SMILES string of the molecule is COCC(CCO)N/C=C/C(=O)OC. The minimum Gasteiger partial charge on any atom is -0.466 e. The van der Waals surface area contributed by atoms with E-state index in [1.165, 1.54) is 19.4 Å². The summed E-state index contributed by atoms with van der Waals surface area (Å²) in [5.41, 5.74) is 0. The molecule has 0 aliphatic carbocycles. The molecule has 0 saturated carbocycles. The predicted octanol–water partition coefficient (Wildman–Crippen LogP) is -0.340. The molecular formula is C9H17NO4. The molecule has 0 saturated heterocycles. The Bertz CT molecular complexity index is 176. The molecule has 0 rings (SSSR count). The number of carbonyl (C=O) groups is 1. The van der Waals surface area contributed by atoms with Crippen LogP contribution >= 0.6 is 0 Å². The summed E-state index contributed by atoms with van der Waals surface area (Å²) in [4.78, 5) is 10.7. The second kappa shape index (κ2) is 8.52. The quantitative estimate of drug-likeness (QED) is 0.437. The maximum atomic E-state index is 10.7. The fourth-order valence-electron chi connectivity index (χ4n) is 0.892. The molecule has 2 N–H and O–H groups in total. The van der Waals surface area contributed by atoms with Crippen molar-refractivity contribution in [3.05, 3.63) is 12.3 Å². The highest BCUT2D eigenvalue weighted by molar-refractivity contribution is 5.81. The zero-order chi connectivity index (χ0) is 10.8. The maximum absolute atomic E-state index is 10.7. The minimum atomic E-state index is -0.419. The molecule has 0 aromatic heterocycles. The summed E-state index contributed by atoms with van der Waals surface area (Å²) in [7, 11) is 2.89. The first-order chi connectivity index (χ1) is 6.74. The molecular weight excluding hydrogens is 186 g/mol. The number of esters is 1. The normalized spacial score (nSPS) is 12.8. The molecule has 0 spiro atoms. The smallest absolute Gasteiger partial charge is 0.331 e. The number of rotatable bonds is 7. The fourth-order valence-corrected chi connectivity index (χ4v) is 0.892. The van der Waals surface area contributed by atoms with E-state index >= 15 is 0 Å². The molecule has 0 fully saturated rings. The van der Waals surface area contributed by atoms with Crippen LogP contribution in [0.15, 0.2) is 12.3 Å². The Labute approximate surface area is 83.7 Å². The molecule has 1 unspecified atom stereocenters. The number of aliphatic hydroxyl groups excluding tert-OH is 1. The summed E-state index contributed by atoms with van der Waals surface area (Å²) < 4.78 is 9.32. The van der Waals surface area contributed by atoms with Crippen molar-refractivity contribution in [1.82, 2.24) is 5.32 Å². The van der Waals surface area contributed by atoms with Crippen molar-refractivity contribution >= 4 is 5.97 Å². The Morgan fingerprint density at radius 1 is 1.57 bits per heavy atom. The van der Waals surface area contributed by atoms with E-state index in [4.69, 9.17) is 9.84 Å². The van der Waals surface area contributed by atoms with Gasteiger partial charge in [0, 0.05) is 26.0 Å². The molecule has 5 heteroatoms. The lowest BCUT2D eigenvalue weighted by atomic mass is 10.2. The van der Waals surface area contributed by atoms with Crippen LogP contribution in [0.2, 0.25) is 0 Å². The number of ether oxygens (including phenoxy) is 2. The lowest BCUT2D eigenvalue weighted by Crippen LogP contribution is -2.30. The maximum Gasteiger partial charge on any atom is 0.331 e. The lowest BCUT2D eigenvalue weighted by Gasteiger charge is -2.14. The van der Waals surface area contributed by atoms with Crippen LogP contribution in [0.4, 0.5) is 0 Å². The van der Waals surface area contributed by atoms with Gasteiger partial charge in [-0.1, -0.05) is 0 Å². The Morgan fingerprint density at radius 2 is 2.29 bits per heavy atom. The first kappa shape index (κ1) is 12.9. The summed E-state index contributed by atoms with van der Waals surface area (Å²) in [6.45, 7) is 0.555. The van der Waals surface area contributed by atoms with Crippen molar-refractivity contribution in [2.45, 2.75) is 12.5 Å².